The minimum Gasteiger partial charge on any atom is -0.375 e. The number of nitrogen functional groups attached to an aromatic ring is 1. The highest BCUT2D eigenvalue weighted by Gasteiger charge is 2.12. The maximum atomic E-state index is 5.85. The Bertz CT molecular complexity index is 749. The summed E-state index contributed by atoms with van der Waals surface area (Å²) in [5.74, 6) is 0. The first-order chi connectivity index (χ1) is 9.06. The van der Waals surface area contributed by atoms with Gasteiger partial charge in [0, 0.05) is 5.56 Å². The molecular weight excluding hydrogens is 252 g/mol. The molecule has 2 aromatic carbocycles. The smallest absolute Gasteiger partial charge is 0.181 e. The Morgan fingerprint density at radius 3 is 2.42 bits per heavy atom. The van der Waals surface area contributed by atoms with E-state index in [1.54, 1.807) is 11.3 Å². The Labute approximate surface area is 116 Å². The maximum absolute atomic E-state index is 5.85. The Kier molecular flexibility index (Phi) is 2.79. The van der Waals surface area contributed by atoms with Crippen LogP contribution in [0.5, 0.6) is 0 Å². The van der Waals surface area contributed by atoms with E-state index in [1.165, 1.54) is 27.8 Å². The van der Waals surface area contributed by atoms with Crippen molar-refractivity contribution >= 4 is 26.7 Å². The van der Waals surface area contributed by atoms with E-state index in [0.717, 1.165) is 10.2 Å². The lowest BCUT2D eigenvalue weighted by atomic mass is 9.93. The number of hydrogen-bond acceptors (Lipinski definition) is 3. The van der Waals surface area contributed by atoms with Crippen LogP contribution in [0.2, 0.25) is 0 Å². The van der Waals surface area contributed by atoms with Gasteiger partial charge in [-0.15, -0.1) is 0 Å². The summed E-state index contributed by atoms with van der Waals surface area (Å²) in [6, 6.07) is 10.7. The van der Waals surface area contributed by atoms with Crippen molar-refractivity contribution in [3.63, 3.8) is 0 Å². The first-order valence-electron chi connectivity index (χ1n) is 6.29. The number of fused-ring (bicyclic) bond motifs is 1. The summed E-state index contributed by atoms with van der Waals surface area (Å²) < 4.78 is 1.15. The minimum absolute atomic E-state index is 0.630. The molecule has 96 valence electrons. The van der Waals surface area contributed by atoms with Crippen LogP contribution in [-0.2, 0) is 0 Å². The normalized spacial score (nSPS) is 11.1. The van der Waals surface area contributed by atoms with Gasteiger partial charge in [0.15, 0.2) is 5.13 Å². The summed E-state index contributed by atoms with van der Waals surface area (Å²) in [4.78, 5) is 4.49. The fraction of sp³-hybridized carbons (Fsp3) is 0.188. The summed E-state index contributed by atoms with van der Waals surface area (Å²) in [7, 11) is 0. The van der Waals surface area contributed by atoms with Crippen molar-refractivity contribution in [3.05, 3.63) is 47.0 Å². The van der Waals surface area contributed by atoms with Gasteiger partial charge in [-0.1, -0.05) is 41.2 Å². The lowest BCUT2D eigenvalue weighted by Gasteiger charge is -2.12. The summed E-state index contributed by atoms with van der Waals surface area (Å²) in [5.41, 5.74) is 13.2. The van der Waals surface area contributed by atoms with Gasteiger partial charge in [-0.3, -0.25) is 0 Å². The van der Waals surface area contributed by atoms with Crippen LogP contribution in [0.4, 0.5) is 5.13 Å². The number of anilines is 1. The maximum Gasteiger partial charge on any atom is 0.181 e. The number of thiazole rings is 1. The zero-order chi connectivity index (χ0) is 13.6. The first kappa shape index (κ1) is 12.2. The van der Waals surface area contributed by atoms with Gasteiger partial charge in [0.1, 0.15) is 0 Å². The van der Waals surface area contributed by atoms with Gasteiger partial charge in [-0.2, -0.15) is 0 Å². The van der Waals surface area contributed by atoms with Crippen LogP contribution in [0.15, 0.2) is 30.3 Å². The summed E-state index contributed by atoms with van der Waals surface area (Å²) in [5, 5.41) is 0.630. The second-order valence-electron chi connectivity index (χ2n) is 4.98. The quantitative estimate of drug-likeness (QED) is 0.707. The van der Waals surface area contributed by atoms with Gasteiger partial charge < -0.3 is 5.73 Å². The molecular formula is C16H16N2S. The third-order valence-electron chi connectivity index (χ3n) is 3.38. The van der Waals surface area contributed by atoms with Crippen LogP contribution in [0, 0.1) is 20.8 Å². The monoisotopic (exact) mass is 268 g/mol. The molecule has 0 aliphatic carbocycles. The largest absolute Gasteiger partial charge is 0.375 e. The lowest BCUT2D eigenvalue weighted by molar-refractivity contribution is 1.32. The highest BCUT2D eigenvalue weighted by Crippen LogP contribution is 2.36. The summed E-state index contributed by atoms with van der Waals surface area (Å²) in [6.07, 6.45) is 0. The van der Waals surface area contributed by atoms with Crippen molar-refractivity contribution in [2.24, 2.45) is 0 Å². The SMILES string of the molecule is Cc1cc(C)c(-c2cccc3sc(N)nc23)c(C)c1. The van der Waals surface area contributed by atoms with E-state index in [9.17, 15) is 0 Å². The van der Waals surface area contributed by atoms with Crippen molar-refractivity contribution in [2.75, 3.05) is 5.73 Å². The molecule has 1 heterocycles. The molecule has 3 rings (SSSR count). The molecule has 0 spiro atoms. The molecule has 1 aromatic heterocycles. The molecule has 0 unspecified atom stereocenters. The average molecular weight is 268 g/mol. The second-order valence-corrected chi connectivity index (χ2v) is 6.04. The molecule has 0 amide bonds. The van der Waals surface area contributed by atoms with E-state index in [-0.39, 0.29) is 0 Å². The van der Waals surface area contributed by atoms with Crippen LogP contribution in [0.25, 0.3) is 21.3 Å². The Balaban J connectivity index is 2.36. The van der Waals surface area contributed by atoms with Gasteiger partial charge in [-0.05, 0) is 43.5 Å². The highest BCUT2D eigenvalue weighted by molar-refractivity contribution is 7.22. The first-order valence-corrected chi connectivity index (χ1v) is 7.11. The molecule has 0 aliphatic heterocycles. The van der Waals surface area contributed by atoms with E-state index < -0.39 is 0 Å². The van der Waals surface area contributed by atoms with Crippen molar-refractivity contribution < 1.29 is 0 Å². The fourth-order valence-corrected chi connectivity index (χ4v) is 3.53. The van der Waals surface area contributed by atoms with Gasteiger partial charge in [0.2, 0.25) is 0 Å². The number of nitrogens with two attached hydrogens (primary N) is 1. The number of aryl methyl sites for hydroxylation is 3. The van der Waals surface area contributed by atoms with Crippen molar-refractivity contribution in [1.29, 1.82) is 0 Å². The third kappa shape index (κ3) is 2.00. The van der Waals surface area contributed by atoms with Crippen LogP contribution in [0.3, 0.4) is 0 Å². The molecule has 3 heteroatoms. The molecule has 3 aromatic rings. The predicted octanol–water partition coefficient (Wildman–Crippen LogP) is 4.47. The van der Waals surface area contributed by atoms with E-state index in [2.05, 4.69) is 56.1 Å². The van der Waals surface area contributed by atoms with Crippen LogP contribution in [-0.4, -0.2) is 4.98 Å². The lowest BCUT2D eigenvalue weighted by Crippen LogP contribution is -1.91. The number of nitrogens with zero attached hydrogens (tertiary/aromatic N) is 1. The molecule has 0 atom stereocenters. The molecule has 0 saturated heterocycles. The Morgan fingerprint density at radius 1 is 1.05 bits per heavy atom. The second kappa shape index (κ2) is 4.35. The zero-order valence-electron chi connectivity index (χ0n) is 11.3. The number of hydrogen-bond donors (Lipinski definition) is 1. The fourth-order valence-electron chi connectivity index (χ4n) is 2.77. The summed E-state index contributed by atoms with van der Waals surface area (Å²) in [6.45, 7) is 6.44. The van der Waals surface area contributed by atoms with Crippen molar-refractivity contribution in [1.82, 2.24) is 4.98 Å². The predicted molar refractivity (Wildman–Crippen MR) is 83.7 cm³/mol. The summed E-state index contributed by atoms with van der Waals surface area (Å²) >= 11 is 1.54. The molecule has 0 fully saturated rings. The molecule has 19 heavy (non-hydrogen) atoms. The third-order valence-corrected chi connectivity index (χ3v) is 4.23. The van der Waals surface area contributed by atoms with Gasteiger partial charge in [0.05, 0.1) is 10.2 Å². The van der Waals surface area contributed by atoms with Gasteiger partial charge in [-0.25, -0.2) is 4.98 Å². The standard InChI is InChI=1S/C16H16N2S/c1-9-7-10(2)14(11(3)8-9)12-5-4-6-13-15(12)18-16(17)19-13/h4-8H,1-3H3,(H2,17,18). The minimum atomic E-state index is 0.630. The molecule has 2 N–H and O–H groups in total. The zero-order valence-corrected chi connectivity index (χ0v) is 12.1. The topological polar surface area (TPSA) is 38.9 Å². The number of benzene rings is 2. The molecule has 0 radical (unpaired) electrons. The van der Waals surface area contributed by atoms with E-state index in [0.29, 0.717) is 5.13 Å². The van der Waals surface area contributed by atoms with E-state index >= 15 is 0 Å². The van der Waals surface area contributed by atoms with Crippen molar-refractivity contribution in [3.8, 4) is 11.1 Å². The van der Waals surface area contributed by atoms with Crippen LogP contribution in [0.1, 0.15) is 16.7 Å². The van der Waals surface area contributed by atoms with Gasteiger partial charge >= 0.3 is 0 Å². The Morgan fingerprint density at radius 2 is 1.74 bits per heavy atom. The average Bonchev–Trinajstić information content (AvgIpc) is 2.68. The van der Waals surface area contributed by atoms with Gasteiger partial charge in [0.25, 0.3) is 0 Å². The van der Waals surface area contributed by atoms with Crippen LogP contribution < -0.4 is 5.73 Å². The van der Waals surface area contributed by atoms with E-state index in [4.69, 9.17) is 5.73 Å². The van der Waals surface area contributed by atoms with Crippen LogP contribution >= 0.6 is 11.3 Å². The molecule has 0 saturated carbocycles. The van der Waals surface area contributed by atoms with E-state index in [1.807, 2.05) is 0 Å². The number of rotatable bonds is 1. The molecule has 2 nitrogen and oxygen atoms in total. The number of para-hydroxylation sites is 1. The number of aromatic nitrogens is 1. The molecule has 0 bridgehead atoms. The Hall–Kier alpha value is -1.87. The van der Waals surface area contributed by atoms with Crippen molar-refractivity contribution in [2.45, 2.75) is 20.8 Å². The molecule has 0 aliphatic rings. The highest BCUT2D eigenvalue weighted by atomic mass is 32.1.